The molecule has 0 aliphatic carbocycles. The van der Waals surface area contributed by atoms with Gasteiger partial charge in [-0.25, -0.2) is 8.94 Å². The highest BCUT2D eigenvalue weighted by atomic mass is 32.2. The van der Waals surface area contributed by atoms with E-state index in [4.69, 9.17) is 0 Å². The minimum absolute atomic E-state index is 0.372. The van der Waals surface area contributed by atoms with Crippen LogP contribution in [0.4, 0.5) is 10.1 Å². The van der Waals surface area contributed by atoms with Gasteiger partial charge in [0.15, 0.2) is 11.5 Å². The van der Waals surface area contributed by atoms with E-state index >= 15 is 0 Å². The fourth-order valence-electron chi connectivity index (χ4n) is 1.31. The molecule has 0 saturated heterocycles. The van der Waals surface area contributed by atoms with E-state index in [0.717, 1.165) is 26.2 Å². The van der Waals surface area contributed by atoms with E-state index in [0.29, 0.717) is 4.31 Å². The lowest BCUT2D eigenvalue weighted by atomic mass is 10.2. The molecule has 0 bridgehead atoms. The summed E-state index contributed by atoms with van der Waals surface area (Å²) >= 11 is 0. The van der Waals surface area contributed by atoms with E-state index in [-0.39, 0.29) is 5.69 Å². The van der Waals surface area contributed by atoms with Crippen molar-refractivity contribution in [1.29, 1.82) is 0 Å². The summed E-state index contributed by atoms with van der Waals surface area (Å²) in [4.78, 5) is 0. The minimum Gasteiger partial charge on any atom is -0.361 e. The SMILES string of the molecule is CN(C)S(=O)(=O)Oc1c(F)cccc1[N+](C)(C)S(=O)(=O)O. The number of rotatable bonds is 5. The van der Waals surface area contributed by atoms with Crippen molar-refractivity contribution in [2.75, 3.05) is 28.2 Å². The van der Waals surface area contributed by atoms with Crippen LogP contribution < -0.4 is 8.07 Å². The molecule has 1 aromatic rings. The van der Waals surface area contributed by atoms with Crippen LogP contribution in [0.5, 0.6) is 5.75 Å². The van der Waals surface area contributed by atoms with Gasteiger partial charge in [0, 0.05) is 20.2 Å². The summed E-state index contributed by atoms with van der Waals surface area (Å²) in [5.74, 6) is -1.87. The first-order valence-corrected chi connectivity index (χ1v) is 8.29. The van der Waals surface area contributed by atoms with Gasteiger partial charge in [0.05, 0.1) is 14.1 Å². The zero-order valence-electron chi connectivity index (χ0n) is 11.8. The molecule has 0 aliphatic heterocycles. The summed E-state index contributed by atoms with van der Waals surface area (Å²) in [5, 5.41) is 0. The summed E-state index contributed by atoms with van der Waals surface area (Å²) in [7, 11) is -4.57. The maximum absolute atomic E-state index is 13.9. The number of hydrogen-bond acceptors (Lipinski definition) is 5. The summed E-state index contributed by atoms with van der Waals surface area (Å²) in [6, 6.07) is 3.22. The van der Waals surface area contributed by atoms with Crippen LogP contribution in [0.15, 0.2) is 18.2 Å². The molecule has 1 aromatic carbocycles. The normalized spacial score (nSPS) is 13.5. The van der Waals surface area contributed by atoms with Gasteiger partial charge in [0.25, 0.3) is 0 Å². The first kappa shape index (κ1) is 17.8. The van der Waals surface area contributed by atoms with Crippen molar-refractivity contribution in [3.8, 4) is 5.75 Å². The molecule has 0 aliphatic rings. The summed E-state index contributed by atoms with van der Waals surface area (Å²) in [6.45, 7) is 0. The molecule has 1 rings (SSSR count). The van der Waals surface area contributed by atoms with Crippen molar-refractivity contribution >= 4 is 26.3 Å². The first-order valence-electron chi connectivity index (χ1n) is 5.53. The quantitative estimate of drug-likeness (QED) is 0.613. The molecule has 0 amide bonds. The number of hydrogen-bond donors (Lipinski definition) is 1. The maximum Gasteiger partial charge on any atom is 0.437 e. The lowest BCUT2D eigenvalue weighted by Crippen LogP contribution is -2.46. The van der Waals surface area contributed by atoms with Gasteiger partial charge in [-0.3, -0.25) is 0 Å². The van der Waals surface area contributed by atoms with Crippen LogP contribution in [0.25, 0.3) is 0 Å². The van der Waals surface area contributed by atoms with E-state index in [1.54, 1.807) is 0 Å². The van der Waals surface area contributed by atoms with E-state index in [1.807, 2.05) is 0 Å². The highest BCUT2D eigenvalue weighted by Gasteiger charge is 2.39. The number of para-hydroxylation sites is 1. The van der Waals surface area contributed by atoms with Crippen molar-refractivity contribution in [2.24, 2.45) is 0 Å². The molecule has 21 heavy (non-hydrogen) atoms. The molecule has 0 heterocycles. The zero-order chi connectivity index (χ0) is 16.6. The predicted octanol–water partition coefficient (Wildman–Crippen LogP) is 0.381. The van der Waals surface area contributed by atoms with E-state index in [9.17, 15) is 25.8 Å². The Morgan fingerprint density at radius 3 is 2.14 bits per heavy atom. The second-order valence-electron chi connectivity index (χ2n) is 4.71. The summed E-state index contributed by atoms with van der Waals surface area (Å²) in [5.41, 5.74) is -0.372. The second kappa shape index (κ2) is 5.50. The largest absolute Gasteiger partial charge is 0.437 e. The Bertz CT molecular complexity index is 743. The van der Waals surface area contributed by atoms with Crippen LogP contribution in [0, 0.1) is 5.82 Å². The Kier molecular flexibility index (Phi) is 4.65. The van der Waals surface area contributed by atoms with Crippen LogP contribution in [-0.4, -0.2) is 53.9 Å². The van der Waals surface area contributed by atoms with Crippen LogP contribution in [0.1, 0.15) is 0 Å². The zero-order valence-corrected chi connectivity index (χ0v) is 13.4. The highest BCUT2D eigenvalue weighted by Crippen LogP contribution is 2.36. The number of quaternary nitrogens is 1. The van der Waals surface area contributed by atoms with Gasteiger partial charge in [-0.05, 0) is 6.07 Å². The molecule has 0 saturated carbocycles. The third-order valence-corrected chi connectivity index (χ3v) is 5.36. The van der Waals surface area contributed by atoms with Crippen LogP contribution in [0.2, 0.25) is 0 Å². The fourth-order valence-corrected chi connectivity index (χ4v) is 2.23. The van der Waals surface area contributed by atoms with Gasteiger partial charge in [0.2, 0.25) is 5.75 Å². The van der Waals surface area contributed by atoms with Crippen molar-refractivity contribution in [2.45, 2.75) is 0 Å². The smallest absolute Gasteiger partial charge is 0.361 e. The molecule has 120 valence electrons. The monoisotopic (exact) mass is 343 g/mol. The van der Waals surface area contributed by atoms with Gasteiger partial charge in [0.1, 0.15) is 0 Å². The number of halogens is 1. The summed E-state index contributed by atoms with van der Waals surface area (Å²) < 4.78 is 73.4. The Hall–Kier alpha value is -1.27. The van der Waals surface area contributed by atoms with E-state index < -0.39 is 36.1 Å². The average Bonchev–Trinajstić information content (AvgIpc) is 2.29. The van der Waals surface area contributed by atoms with Gasteiger partial charge in [-0.1, -0.05) is 6.07 Å². The van der Waals surface area contributed by atoms with Crippen LogP contribution >= 0.6 is 0 Å². The Balaban J connectivity index is 3.56. The molecule has 0 spiro atoms. The minimum atomic E-state index is -4.69. The fraction of sp³-hybridized carbons (Fsp3) is 0.400. The molecule has 8 nitrogen and oxygen atoms in total. The Labute approximate surface area is 123 Å². The first-order chi connectivity index (χ1) is 9.30. The van der Waals surface area contributed by atoms with Gasteiger partial charge < -0.3 is 4.18 Å². The van der Waals surface area contributed by atoms with E-state index in [2.05, 4.69) is 4.18 Å². The standard InChI is InChI=1S/C10H15FN2O6S2/c1-12(2)20(14,15)19-10-8(11)6-5-7-9(10)13(3,4)21(16,17)18/h5-7H,1-4H3/p+1. The average molecular weight is 343 g/mol. The van der Waals surface area contributed by atoms with E-state index in [1.165, 1.54) is 20.2 Å². The molecule has 0 radical (unpaired) electrons. The van der Waals surface area contributed by atoms with Crippen LogP contribution in [0.3, 0.4) is 0 Å². The van der Waals surface area contributed by atoms with Crippen molar-refractivity contribution < 1.29 is 30.0 Å². The van der Waals surface area contributed by atoms with Gasteiger partial charge >= 0.3 is 20.6 Å². The van der Waals surface area contributed by atoms with Gasteiger partial charge in [-0.2, -0.15) is 16.6 Å². The molecule has 0 fully saturated rings. The Morgan fingerprint density at radius 1 is 1.19 bits per heavy atom. The topological polar surface area (TPSA) is 101 Å². The van der Waals surface area contributed by atoms with Crippen molar-refractivity contribution in [3.63, 3.8) is 0 Å². The number of benzene rings is 1. The molecule has 11 heteroatoms. The predicted molar refractivity (Wildman–Crippen MR) is 74.8 cm³/mol. The van der Waals surface area contributed by atoms with Gasteiger partial charge in [-0.15, -0.1) is 8.42 Å². The lowest BCUT2D eigenvalue weighted by Gasteiger charge is -2.26. The molecule has 0 aromatic heterocycles. The second-order valence-corrected chi connectivity index (χ2v) is 8.27. The highest BCUT2D eigenvalue weighted by molar-refractivity contribution is 7.85. The molecule has 0 atom stereocenters. The van der Waals surface area contributed by atoms with Crippen molar-refractivity contribution in [3.05, 3.63) is 24.0 Å². The molecular formula is C10H16FN2O6S2+. The van der Waals surface area contributed by atoms with Crippen LogP contribution in [-0.2, 0) is 20.6 Å². The Morgan fingerprint density at radius 2 is 1.71 bits per heavy atom. The van der Waals surface area contributed by atoms with Crippen molar-refractivity contribution in [1.82, 2.24) is 8.19 Å². The number of nitrogens with zero attached hydrogens (tertiary/aromatic N) is 2. The summed E-state index contributed by atoms with van der Waals surface area (Å²) in [6.07, 6.45) is 0. The molecule has 1 N–H and O–H groups in total. The molecular weight excluding hydrogens is 327 g/mol. The third kappa shape index (κ3) is 3.49. The molecule has 0 unspecified atom stereocenters. The third-order valence-electron chi connectivity index (χ3n) is 2.74. The maximum atomic E-state index is 13.9. The lowest BCUT2D eigenvalue weighted by molar-refractivity contribution is 0.388.